The van der Waals surface area contributed by atoms with Crippen LogP contribution in [0.1, 0.15) is 0 Å². The van der Waals surface area contributed by atoms with E-state index in [4.69, 9.17) is 14.5 Å². The van der Waals surface area contributed by atoms with Gasteiger partial charge in [0.05, 0.1) is 0 Å². The van der Waals surface area contributed by atoms with Gasteiger partial charge in [-0.25, -0.2) is 4.98 Å². The van der Waals surface area contributed by atoms with Crippen molar-refractivity contribution in [3.8, 4) is 56.9 Å². The second-order valence-electron chi connectivity index (χ2n) is 8.58. The molecule has 0 bridgehead atoms. The van der Waals surface area contributed by atoms with E-state index in [1.54, 1.807) is 0 Å². The van der Waals surface area contributed by atoms with Gasteiger partial charge in [-0.2, -0.15) is 0 Å². The van der Waals surface area contributed by atoms with Crippen molar-refractivity contribution < 1.29 is 9.47 Å². The van der Waals surface area contributed by atoms with Crippen LogP contribution in [0.5, 0.6) is 23.0 Å². The fraction of sp³-hybridized carbons (Fsp3) is 0. The van der Waals surface area contributed by atoms with Crippen LogP contribution in [0.2, 0.25) is 0 Å². The monoisotopic (exact) mass is 493 g/mol. The van der Waals surface area contributed by atoms with Gasteiger partial charge in [0.2, 0.25) is 0 Å². The minimum Gasteiger partial charge on any atom is -0.457 e. The Labute approximate surface area is 221 Å². The molecular formula is C33H23N3O2. The van der Waals surface area contributed by atoms with Crippen LogP contribution >= 0.6 is 0 Å². The zero-order chi connectivity index (χ0) is 25.6. The van der Waals surface area contributed by atoms with Crippen LogP contribution in [0.25, 0.3) is 33.9 Å². The minimum absolute atomic E-state index is 0.568. The van der Waals surface area contributed by atoms with E-state index < -0.39 is 0 Å². The molecule has 5 heteroatoms. The Morgan fingerprint density at radius 2 is 0.763 bits per heavy atom. The van der Waals surface area contributed by atoms with Crippen LogP contribution in [0.4, 0.5) is 0 Å². The molecule has 0 aliphatic rings. The highest BCUT2D eigenvalue weighted by Gasteiger charge is 2.15. The van der Waals surface area contributed by atoms with Crippen LogP contribution in [0.15, 0.2) is 140 Å². The van der Waals surface area contributed by atoms with Crippen LogP contribution in [-0.2, 0) is 0 Å². The first-order chi connectivity index (χ1) is 18.8. The highest BCUT2D eigenvalue weighted by Crippen LogP contribution is 2.33. The predicted octanol–water partition coefficient (Wildman–Crippen LogP) is 8.46. The van der Waals surface area contributed by atoms with Gasteiger partial charge in [0.25, 0.3) is 0 Å². The van der Waals surface area contributed by atoms with Gasteiger partial charge in [-0.1, -0.05) is 66.7 Å². The van der Waals surface area contributed by atoms with Crippen molar-refractivity contribution in [2.45, 2.75) is 0 Å². The maximum atomic E-state index is 5.98. The average Bonchev–Trinajstić information content (AvgIpc) is 2.99. The Balaban J connectivity index is 1.35. The van der Waals surface area contributed by atoms with Gasteiger partial charge in [0.1, 0.15) is 34.4 Å². The van der Waals surface area contributed by atoms with Crippen molar-refractivity contribution in [3.05, 3.63) is 140 Å². The van der Waals surface area contributed by atoms with E-state index in [2.05, 4.69) is 10.2 Å². The SMILES string of the molecule is c1ccc(Oc2ccc(-c3nnc(-c4ccccc4)nc3-c3ccc(Oc4ccccc4)cc3)cc2)cc1. The van der Waals surface area contributed by atoms with Gasteiger partial charge in [-0.3, -0.25) is 0 Å². The van der Waals surface area contributed by atoms with E-state index in [9.17, 15) is 0 Å². The largest absolute Gasteiger partial charge is 0.457 e. The normalized spacial score (nSPS) is 10.6. The topological polar surface area (TPSA) is 57.1 Å². The quantitative estimate of drug-likeness (QED) is 0.223. The van der Waals surface area contributed by atoms with Gasteiger partial charge in [-0.05, 0) is 72.8 Å². The lowest BCUT2D eigenvalue weighted by Gasteiger charge is -2.12. The van der Waals surface area contributed by atoms with Crippen molar-refractivity contribution in [1.29, 1.82) is 0 Å². The van der Waals surface area contributed by atoms with Crippen molar-refractivity contribution >= 4 is 0 Å². The van der Waals surface area contributed by atoms with E-state index >= 15 is 0 Å². The predicted molar refractivity (Wildman–Crippen MR) is 149 cm³/mol. The lowest BCUT2D eigenvalue weighted by molar-refractivity contribution is 0.482. The molecule has 38 heavy (non-hydrogen) atoms. The van der Waals surface area contributed by atoms with Gasteiger partial charge in [0.15, 0.2) is 5.82 Å². The average molecular weight is 494 g/mol. The van der Waals surface area contributed by atoms with Crippen LogP contribution < -0.4 is 9.47 Å². The molecule has 5 nitrogen and oxygen atoms in total. The highest BCUT2D eigenvalue weighted by molar-refractivity contribution is 5.79. The Kier molecular flexibility index (Phi) is 6.55. The number of benzene rings is 5. The number of rotatable bonds is 7. The number of hydrogen-bond acceptors (Lipinski definition) is 5. The molecule has 1 aromatic heterocycles. The molecule has 0 aliphatic carbocycles. The number of hydrogen-bond donors (Lipinski definition) is 0. The molecule has 0 fully saturated rings. The summed E-state index contributed by atoms with van der Waals surface area (Å²) in [5.74, 6) is 3.62. The van der Waals surface area contributed by atoms with Crippen molar-refractivity contribution in [3.63, 3.8) is 0 Å². The Morgan fingerprint density at radius 3 is 1.26 bits per heavy atom. The fourth-order valence-corrected chi connectivity index (χ4v) is 4.04. The Morgan fingerprint density at radius 1 is 0.342 bits per heavy atom. The van der Waals surface area contributed by atoms with Crippen LogP contribution in [0.3, 0.4) is 0 Å². The third-order valence-corrected chi connectivity index (χ3v) is 5.93. The van der Waals surface area contributed by atoms with Gasteiger partial charge in [-0.15, -0.1) is 10.2 Å². The molecule has 0 saturated heterocycles. The van der Waals surface area contributed by atoms with E-state index in [1.807, 2.05) is 140 Å². The van der Waals surface area contributed by atoms with Gasteiger partial charge < -0.3 is 9.47 Å². The molecule has 182 valence electrons. The third kappa shape index (κ3) is 5.27. The third-order valence-electron chi connectivity index (χ3n) is 5.93. The molecule has 0 saturated carbocycles. The zero-order valence-electron chi connectivity index (χ0n) is 20.4. The molecule has 6 rings (SSSR count). The molecule has 0 atom stereocenters. The van der Waals surface area contributed by atoms with E-state index in [0.717, 1.165) is 45.4 Å². The summed E-state index contributed by atoms with van der Waals surface area (Å²) in [6.07, 6.45) is 0. The summed E-state index contributed by atoms with van der Waals surface area (Å²) in [5.41, 5.74) is 4.14. The first-order valence-electron chi connectivity index (χ1n) is 12.3. The molecule has 0 N–H and O–H groups in total. The standard InChI is InChI=1S/C33H23N3O2/c1-4-10-26(11-5-1)33-34-31(24-16-20-29(21-17-24)37-27-12-6-2-7-13-27)32(35-36-33)25-18-22-30(23-19-25)38-28-14-8-3-9-15-28/h1-23H. The van der Waals surface area contributed by atoms with Crippen molar-refractivity contribution in [2.75, 3.05) is 0 Å². The molecule has 5 aromatic carbocycles. The number of aromatic nitrogens is 3. The molecule has 1 heterocycles. The van der Waals surface area contributed by atoms with Crippen molar-refractivity contribution in [1.82, 2.24) is 15.2 Å². The molecule has 0 amide bonds. The van der Waals surface area contributed by atoms with Crippen LogP contribution in [-0.4, -0.2) is 15.2 Å². The molecule has 0 radical (unpaired) electrons. The van der Waals surface area contributed by atoms with Gasteiger partial charge in [0, 0.05) is 16.7 Å². The second-order valence-corrected chi connectivity index (χ2v) is 8.58. The molecule has 0 unspecified atom stereocenters. The summed E-state index contributed by atoms with van der Waals surface area (Å²) in [6.45, 7) is 0. The highest BCUT2D eigenvalue weighted by atomic mass is 16.5. The Hall–Kier alpha value is -5.29. The first-order valence-corrected chi connectivity index (χ1v) is 12.3. The second kappa shape index (κ2) is 10.8. The first kappa shape index (κ1) is 23.1. The molecule has 0 spiro atoms. The summed E-state index contributed by atoms with van der Waals surface area (Å²) in [4.78, 5) is 4.95. The van der Waals surface area contributed by atoms with Gasteiger partial charge >= 0.3 is 0 Å². The van der Waals surface area contributed by atoms with E-state index in [0.29, 0.717) is 11.5 Å². The number of nitrogens with zero attached hydrogens (tertiary/aromatic N) is 3. The fourth-order valence-electron chi connectivity index (χ4n) is 4.04. The van der Waals surface area contributed by atoms with Crippen molar-refractivity contribution in [2.24, 2.45) is 0 Å². The van der Waals surface area contributed by atoms with E-state index in [-0.39, 0.29) is 0 Å². The minimum atomic E-state index is 0.568. The maximum Gasteiger partial charge on any atom is 0.182 e. The molecule has 0 aliphatic heterocycles. The summed E-state index contributed by atoms with van der Waals surface area (Å²) in [7, 11) is 0. The molecular weight excluding hydrogens is 470 g/mol. The lowest BCUT2D eigenvalue weighted by atomic mass is 10.0. The summed E-state index contributed by atoms with van der Waals surface area (Å²) in [6, 6.07) is 44.9. The zero-order valence-corrected chi connectivity index (χ0v) is 20.4. The number of para-hydroxylation sites is 2. The Bertz CT molecular complexity index is 1620. The van der Waals surface area contributed by atoms with Crippen LogP contribution in [0, 0.1) is 0 Å². The summed E-state index contributed by atoms with van der Waals surface area (Å²) in [5, 5.41) is 9.08. The summed E-state index contributed by atoms with van der Waals surface area (Å²) >= 11 is 0. The number of ether oxygens (including phenoxy) is 2. The molecule has 6 aromatic rings. The summed E-state index contributed by atoms with van der Waals surface area (Å²) < 4.78 is 11.9. The smallest absolute Gasteiger partial charge is 0.182 e. The lowest BCUT2D eigenvalue weighted by Crippen LogP contribution is -2.00. The maximum absolute atomic E-state index is 5.98. The van der Waals surface area contributed by atoms with E-state index in [1.165, 1.54) is 0 Å².